The molecule has 20 heavy (non-hydrogen) atoms. The fourth-order valence-corrected chi connectivity index (χ4v) is 2.13. The van der Waals surface area contributed by atoms with Crippen LogP contribution in [0.3, 0.4) is 0 Å². The molecule has 0 bridgehead atoms. The molecule has 0 saturated heterocycles. The highest BCUT2D eigenvalue weighted by atomic mass is 19.1. The molecule has 0 spiro atoms. The summed E-state index contributed by atoms with van der Waals surface area (Å²) >= 11 is 0. The summed E-state index contributed by atoms with van der Waals surface area (Å²) < 4.78 is 32.3. The molecule has 0 saturated carbocycles. The lowest BCUT2D eigenvalue weighted by molar-refractivity contribution is 0.164. The maximum absolute atomic E-state index is 13.5. The van der Waals surface area contributed by atoms with E-state index in [1.807, 2.05) is 19.9 Å². The molecule has 2 aromatic rings. The molecule has 1 aromatic heterocycles. The van der Waals surface area contributed by atoms with Crippen LogP contribution in [0.15, 0.2) is 28.7 Å². The SMILES string of the molecule is Cc1cc(CNCC(O)c2c(F)cccc2F)c(C)o1. The minimum absolute atomic E-state index is 0.0571. The van der Waals surface area contributed by atoms with Crippen molar-refractivity contribution >= 4 is 0 Å². The molecule has 108 valence electrons. The van der Waals surface area contributed by atoms with Gasteiger partial charge in [-0.15, -0.1) is 0 Å². The predicted octanol–water partition coefficient (Wildman–Crippen LogP) is 3.00. The summed E-state index contributed by atoms with van der Waals surface area (Å²) in [6.07, 6.45) is -1.23. The Balaban J connectivity index is 1.96. The van der Waals surface area contributed by atoms with E-state index in [1.54, 1.807) is 0 Å². The first-order valence-electron chi connectivity index (χ1n) is 6.37. The molecular formula is C15H17F2NO2. The predicted molar refractivity (Wildman–Crippen MR) is 71.2 cm³/mol. The Morgan fingerprint density at radius 2 is 1.90 bits per heavy atom. The third-order valence-corrected chi connectivity index (χ3v) is 3.13. The van der Waals surface area contributed by atoms with Crippen molar-refractivity contribution in [2.75, 3.05) is 6.54 Å². The van der Waals surface area contributed by atoms with Gasteiger partial charge < -0.3 is 14.8 Å². The zero-order chi connectivity index (χ0) is 14.7. The first-order valence-corrected chi connectivity index (χ1v) is 6.37. The molecule has 1 aromatic carbocycles. The van der Waals surface area contributed by atoms with Crippen LogP contribution >= 0.6 is 0 Å². The fraction of sp³-hybridized carbons (Fsp3) is 0.333. The van der Waals surface area contributed by atoms with Gasteiger partial charge in [0.05, 0.1) is 11.7 Å². The Kier molecular flexibility index (Phi) is 4.52. The summed E-state index contributed by atoms with van der Waals surface area (Å²) in [5.41, 5.74) is 0.656. The summed E-state index contributed by atoms with van der Waals surface area (Å²) in [4.78, 5) is 0. The Hall–Kier alpha value is -1.72. The quantitative estimate of drug-likeness (QED) is 0.885. The van der Waals surface area contributed by atoms with Crippen molar-refractivity contribution in [1.29, 1.82) is 0 Å². The van der Waals surface area contributed by atoms with Gasteiger partial charge >= 0.3 is 0 Å². The van der Waals surface area contributed by atoms with Gasteiger partial charge in [-0.1, -0.05) is 6.07 Å². The van der Waals surface area contributed by atoms with Crippen molar-refractivity contribution in [2.45, 2.75) is 26.5 Å². The van der Waals surface area contributed by atoms with Crippen LogP contribution < -0.4 is 5.32 Å². The van der Waals surface area contributed by atoms with Crippen LogP contribution in [0.2, 0.25) is 0 Å². The van der Waals surface area contributed by atoms with E-state index in [9.17, 15) is 13.9 Å². The Morgan fingerprint density at radius 3 is 2.45 bits per heavy atom. The number of rotatable bonds is 5. The number of halogens is 2. The van der Waals surface area contributed by atoms with Crippen LogP contribution in [0.1, 0.15) is 28.8 Å². The fourth-order valence-electron chi connectivity index (χ4n) is 2.13. The highest BCUT2D eigenvalue weighted by Gasteiger charge is 2.17. The highest BCUT2D eigenvalue weighted by molar-refractivity contribution is 5.23. The van der Waals surface area contributed by atoms with Gasteiger partial charge in [-0.3, -0.25) is 0 Å². The van der Waals surface area contributed by atoms with E-state index in [0.29, 0.717) is 6.54 Å². The molecular weight excluding hydrogens is 264 g/mol. The van der Waals surface area contributed by atoms with Gasteiger partial charge in [-0.2, -0.15) is 0 Å². The molecule has 1 atom stereocenters. The largest absolute Gasteiger partial charge is 0.466 e. The number of nitrogens with one attached hydrogen (secondary N) is 1. The molecule has 0 radical (unpaired) electrons. The van der Waals surface area contributed by atoms with Crippen LogP contribution in [0, 0.1) is 25.5 Å². The zero-order valence-corrected chi connectivity index (χ0v) is 11.4. The molecule has 0 amide bonds. The molecule has 1 heterocycles. The maximum Gasteiger partial charge on any atom is 0.131 e. The van der Waals surface area contributed by atoms with Gasteiger partial charge in [0.2, 0.25) is 0 Å². The highest BCUT2D eigenvalue weighted by Crippen LogP contribution is 2.20. The third kappa shape index (κ3) is 3.23. The van der Waals surface area contributed by atoms with Crippen LogP contribution in [0.5, 0.6) is 0 Å². The first kappa shape index (κ1) is 14.7. The Labute approximate surface area is 116 Å². The van der Waals surface area contributed by atoms with Gasteiger partial charge in [0, 0.05) is 18.7 Å². The first-order chi connectivity index (χ1) is 9.49. The van der Waals surface area contributed by atoms with Crippen LogP contribution in [-0.4, -0.2) is 11.7 Å². The lowest BCUT2D eigenvalue weighted by Gasteiger charge is -2.13. The maximum atomic E-state index is 13.5. The number of furan rings is 1. The minimum atomic E-state index is -1.23. The van der Waals surface area contributed by atoms with Gasteiger partial charge in [0.25, 0.3) is 0 Å². The number of benzene rings is 1. The van der Waals surface area contributed by atoms with Gasteiger partial charge in [0.15, 0.2) is 0 Å². The normalized spacial score (nSPS) is 12.7. The monoisotopic (exact) mass is 281 g/mol. The summed E-state index contributed by atoms with van der Waals surface area (Å²) in [6, 6.07) is 5.42. The van der Waals surface area contributed by atoms with Gasteiger partial charge in [-0.05, 0) is 32.0 Å². The number of aliphatic hydroxyl groups is 1. The molecule has 2 N–H and O–H groups in total. The van der Waals surface area contributed by atoms with Gasteiger partial charge in [-0.25, -0.2) is 8.78 Å². The molecule has 2 rings (SSSR count). The molecule has 0 aliphatic carbocycles. The van der Waals surface area contributed by atoms with Crippen LogP contribution in [-0.2, 0) is 6.54 Å². The van der Waals surface area contributed by atoms with E-state index >= 15 is 0 Å². The van der Waals surface area contributed by atoms with Crippen molar-refractivity contribution in [3.63, 3.8) is 0 Å². The van der Waals surface area contributed by atoms with E-state index in [-0.39, 0.29) is 12.1 Å². The number of hydrogen-bond donors (Lipinski definition) is 2. The molecule has 0 fully saturated rings. The number of aryl methyl sites for hydroxylation is 2. The Bertz CT molecular complexity index is 575. The average Bonchev–Trinajstić information content (AvgIpc) is 2.68. The number of aliphatic hydroxyl groups excluding tert-OH is 1. The van der Waals surface area contributed by atoms with Crippen molar-refractivity contribution in [3.05, 3.63) is 58.5 Å². The Morgan fingerprint density at radius 1 is 1.25 bits per heavy atom. The summed E-state index contributed by atoms with van der Waals surface area (Å²) in [5, 5.41) is 12.8. The van der Waals surface area contributed by atoms with E-state index in [0.717, 1.165) is 29.2 Å². The number of hydrogen-bond acceptors (Lipinski definition) is 3. The van der Waals surface area contributed by atoms with Crippen LogP contribution in [0.25, 0.3) is 0 Å². The van der Waals surface area contributed by atoms with Crippen molar-refractivity contribution in [1.82, 2.24) is 5.32 Å². The standard InChI is InChI=1S/C15H17F2NO2/c1-9-6-11(10(2)20-9)7-18-8-14(19)15-12(16)4-3-5-13(15)17/h3-6,14,18-19H,7-8H2,1-2H3. The van der Waals surface area contributed by atoms with E-state index in [4.69, 9.17) is 4.42 Å². The minimum Gasteiger partial charge on any atom is -0.466 e. The second-order valence-corrected chi connectivity index (χ2v) is 4.72. The average molecular weight is 281 g/mol. The second kappa shape index (κ2) is 6.15. The summed E-state index contributed by atoms with van der Waals surface area (Å²) in [6.45, 7) is 4.22. The van der Waals surface area contributed by atoms with Crippen LogP contribution in [0.4, 0.5) is 8.78 Å². The third-order valence-electron chi connectivity index (χ3n) is 3.13. The lowest BCUT2D eigenvalue weighted by atomic mass is 10.1. The summed E-state index contributed by atoms with van der Waals surface area (Å²) in [7, 11) is 0. The van der Waals surface area contributed by atoms with Crippen molar-refractivity contribution in [2.24, 2.45) is 0 Å². The molecule has 0 aliphatic rings. The smallest absolute Gasteiger partial charge is 0.131 e. The van der Waals surface area contributed by atoms with Crippen molar-refractivity contribution < 1.29 is 18.3 Å². The van der Waals surface area contributed by atoms with E-state index in [2.05, 4.69) is 5.32 Å². The van der Waals surface area contributed by atoms with Crippen molar-refractivity contribution in [3.8, 4) is 0 Å². The lowest BCUT2D eigenvalue weighted by Crippen LogP contribution is -2.22. The topological polar surface area (TPSA) is 45.4 Å². The van der Waals surface area contributed by atoms with E-state index < -0.39 is 17.7 Å². The molecule has 1 unspecified atom stereocenters. The molecule has 5 heteroatoms. The second-order valence-electron chi connectivity index (χ2n) is 4.72. The molecule has 0 aliphatic heterocycles. The van der Waals surface area contributed by atoms with Gasteiger partial charge in [0.1, 0.15) is 23.2 Å². The molecule has 3 nitrogen and oxygen atoms in total. The zero-order valence-electron chi connectivity index (χ0n) is 11.4. The summed E-state index contributed by atoms with van der Waals surface area (Å²) in [5.74, 6) is 0.117. The van der Waals surface area contributed by atoms with E-state index in [1.165, 1.54) is 6.07 Å².